The molecule has 0 radical (unpaired) electrons. The largest absolute Gasteiger partial charge is 0.369 e. The van der Waals surface area contributed by atoms with E-state index in [1.54, 1.807) is 12.1 Å². The van der Waals surface area contributed by atoms with Crippen molar-refractivity contribution >= 4 is 43.2 Å². The highest BCUT2D eigenvalue weighted by Crippen LogP contribution is 2.28. The Hall–Kier alpha value is -0.480. The number of nitrogens with two attached hydrogens (primary N) is 1. The quantitative estimate of drug-likeness (QED) is 0.829. The number of piperazine rings is 1. The lowest BCUT2D eigenvalue weighted by Crippen LogP contribution is -2.50. The van der Waals surface area contributed by atoms with Gasteiger partial charge in [-0.15, -0.1) is 11.3 Å². The maximum atomic E-state index is 12.3. The number of rotatable bonds is 4. The minimum Gasteiger partial charge on any atom is -0.369 e. The topological polar surface area (TPSA) is 83.7 Å². The number of carbonyl (C=O) groups is 1. The molecule has 0 aromatic carbocycles. The molecule has 1 saturated heterocycles. The normalized spacial score (nSPS) is 18.6. The predicted octanol–water partition coefficient (Wildman–Crippen LogP) is 0.302. The van der Waals surface area contributed by atoms with E-state index in [0.717, 1.165) is 3.79 Å². The predicted molar refractivity (Wildman–Crippen MR) is 76.4 cm³/mol. The first-order chi connectivity index (χ1) is 8.89. The van der Waals surface area contributed by atoms with Crippen molar-refractivity contribution in [3.63, 3.8) is 0 Å². The second kappa shape index (κ2) is 5.88. The first-order valence-electron chi connectivity index (χ1n) is 5.66. The first kappa shape index (κ1) is 14.9. The summed E-state index contributed by atoms with van der Waals surface area (Å²) in [5.74, 6) is -0.390. The number of nitrogens with zero attached hydrogens (tertiary/aromatic N) is 2. The number of amides is 1. The Balaban J connectivity index is 2.03. The highest BCUT2D eigenvalue weighted by atomic mass is 79.9. The Kier molecular flexibility index (Phi) is 4.62. The molecule has 1 aliphatic heterocycles. The van der Waals surface area contributed by atoms with Gasteiger partial charge in [-0.2, -0.15) is 4.31 Å². The van der Waals surface area contributed by atoms with Gasteiger partial charge in [0.2, 0.25) is 5.91 Å². The molecule has 0 aliphatic carbocycles. The Morgan fingerprint density at radius 1 is 1.32 bits per heavy atom. The van der Waals surface area contributed by atoms with Crippen LogP contribution >= 0.6 is 27.3 Å². The number of sulfonamides is 1. The maximum Gasteiger partial charge on any atom is 0.252 e. The third kappa shape index (κ3) is 3.54. The van der Waals surface area contributed by atoms with Crippen molar-refractivity contribution in [3.05, 3.63) is 15.9 Å². The van der Waals surface area contributed by atoms with Crippen molar-refractivity contribution in [2.75, 3.05) is 32.7 Å². The van der Waals surface area contributed by atoms with Crippen LogP contribution < -0.4 is 5.73 Å². The summed E-state index contributed by atoms with van der Waals surface area (Å²) in [6.07, 6.45) is 0. The van der Waals surface area contributed by atoms with Crippen LogP contribution in [0.4, 0.5) is 0 Å². The standard InChI is InChI=1S/C10H14BrN3O3S2/c11-8-1-2-10(18-8)19(16,17)14-5-3-13(4-6-14)7-9(12)15/h1-2H,3-7H2,(H2,12,15). The van der Waals surface area contributed by atoms with E-state index < -0.39 is 15.9 Å². The molecule has 0 unspecified atom stereocenters. The summed E-state index contributed by atoms with van der Waals surface area (Å²) in [7, 11) is -3.41. The minimum absolute atomic E-state index is 0.179. The molecular weight excluding hydrogens is 354 g/mol. The Bertz CT molecular complexity index is 564. The van der Waals surface area contributed by atoms with Crippen LogP contribution in [-0.2, 0) is 14.8 Å². The zero-order valence-electron chi connectivity index (χ0n) is 10.1. The lowest BCUT2D eigenvalue weighted by molar-refractivity contribution is -0.119. The molecule has 9 heteroatoms. The summed E-state index contributed by atoms with van der Waals surface area (Å²) in [6.45, 7) is 1.98. The number of thiophene rings is 1. The Morgan fingerprint density at radius 3 is 2.42 bits per heavy atom. The van der Waals surface area contributed by atoms with Crippen LogP contribution in [0.3, 0.4) is 0 Å². The summed E-state index contributed by atoms with van der Waals surface area (Å²) in [5, 5.41) is 0. The molecule has 6 nitrogen and oxygen atoms in total. The minimum atomic E-state index is -3.41. The zero-order valence-corrected chi connectivity index (χ0v) is 13.3. The monoisotopic (exact) mass is 367 g/mol. The molecular formula is C10H14BrN3O3S2. The molecule has 0 bridgehead atoms. The van der Waals surface area contributed by atoms with Gasteiger partial charge < -0.3 is 5.73 Å². The van der Waals surface area contributed by atoms with E-state index in [1.807, 2.05) is 4.90 Å². The van der Waals surface area contributed by atoms with Crippen molar-refractivity contribution in [3.8, 4) is 0 Å². The van der Waals surface area contributed by atoms with Gasteiger partial charge in [-0.25, -0.2) is 8.42 Å². The summed E-state index contributed by atoms with van der Waals surface area (Å²) in [5.41, 5.74) is 5.12. The lowest BCUT2D eigenvalue weighted by Gasteiger charge is -2.32. The van der Waals surface area contributed by atoms with Gasteiger partial charge in [-0.05, 0) is 28.1 Å². The molecule has 1 aliphatic rings. The summed E-state index contributed by atoms with van der Waals surface area (Å²) in [6, 6.07) is 3.32. The summed E-state index contributed by atoms with van der Waals surface area (Å²) < 4.78 is 27.2. The molecule has 2 rings (SSSR count). The summed E-state index contributed by atoms with van der Waals surface area (Å²) >= 11 is 4.46. The van der Waals surface area contributed by atoms with E-state index in [4.69, 9.17) is 5.73 Å². The van der Waals surface area contributed by atoms with Gasteiger partial charge in [0, 0.05) is 26.2 Å². The third-order valence-corrected chi connectivity index (χ3v) is 6.84. The van der Waals surface area contributed by atoms with Gasteiger partial charge in [-0.1, -0.05) is 0 Å². The van der Waals surface area contributed by atoms with Gasteiger partial charge in [0.05, 0.1) is 10.3 Å². The Labute approximate surface area is 124 Å². The van der Waals surface area contributed by atoms with Crippen LogP contribution in [0, 0.1) is 0 Å². The van der Waals surface area contributed by atoms with Crippen LogP contribution in [0.2, 0.25) is 0 Å². The molecule has 1 aromatic heterocycles. The van der Waals surface area contributed by atoms with Crippen LogP contribution in [0.25, 0.3) is 0 Å². The molecule has 0 saturated carbocycles. The molecule has 2 N–H and O–H groups in total. The third-order valence-electron chi connectivity index (χ3n) is 2.85. The first-order valence-corrected chi connectivity index (χ1v) is 8.70. The van der Waals surface area contributed by atoms with Gasteiger partial charge in [0.1, 0.15) is 4.21 Å². The van der Waals surface area contributed by atoms with Crippen LogP contribution in [0.1, 0.15) is 0 Å². The van der Waals surface area contributed by atoms with Crippen LogP contribution in [0.5, 0.6) is 0 Å². The fraction of sp³-hybridized carbons (Fsp3) is 0.500. The number of hydrogen-bond acceptors (Lipinski definition) is 5. The van der Waals surface area contributed by atoms with Crippen molar-refractivity contribution in [2.24, 2.45) is 5.73 Å². The highest BCUT2D eigenvalue weighted by molar-refractivity contribution is 9.11. The maximum absolute atomic E-state index is 12.3. The molecule has 0 spiro atoms. The van der Waals surface area contributed by atoms with E-state index >= 15 is 0 Å². The van der Waals surface area contributed by atoms with Gasteiger partial charge in [0.25, 0.3) is 10.0 Å². The Morgan fingerprint density at radius 2 is 1.95 bits per heavy atom. The average Bonchev–Trinajstić information content (AvgIpc) is 2.76. The van der Waals surface area contributed by atoms with Gasteiger partial charge in [0.15, 0.2) is 0 Å². The average molecular weight is 368 g/mol. The zero-order chi connectivity index (χ0) is 14.0. The fourth-order valence-electron chi connectivity index (χ4n) is 1.91. The number of primary amides is 1. The van der Waals surface area contributed by atoms with E-state index in [-0.39, 0.29) is 6.54 Å². The van der Waals surface area contributed by atoms with E-state index in [9.17, 15) is 13.2 Å². The molecule has 1 amide bonds. The van der Waals surface area contributed by atoms with Gasteiger partial charge in [-0.3, -0.25) is 9.69 Å². The lowest BCUT2D eigenvalue weighted by atomic mass is 10.3. The highest BCUT2D eigenvalue weighted by Gasteiger charge is 2.29. The molecule has 0 atom stereocenters. The van der Waals surface area contributed by atoms with Crippen LogP contribution in [-0.4, -0.2) is 56.3 Å². The second-order valence-electron chi connectivity index (χ2n) is 4.21. The number of halogens is 1. The number of hydrogen-bond donors (Lipinski definition) is 1. The number of carbonyl (C=O) groups excluding carboxylic acids is 1. The van der Waals surface area contributed by atoms with E-state index in [0.29, 0.717) is 30.4 Å². The molecule has 1 aromatic rings. The van der Waals surface area contributed by atoms with Crippen LogP contribution in [0.15, 0.2) is 20.1 Å². The van der Waals surface area contributed by atoms with Crippen molar-refractivity contribution in [1.29, 1.82) is 0 Å². The van der Waals surface area contributed by atoms with E-state index in [1.165, 1.54) is 15.6 Å². The smallest absolute Gasteiger partial charge is 0.252 e. The molecule has 2 heterocycles. The molecule has 1 fully saturated rings. The summed E-state index contributed by atoms with van der Waals surface area (Å²) in [4.78, 5) is 12.7. The second-order valence-corrected chi connectivity index (χ2v) is 8.83. The molecule has 19 heavy (non-hydrogen) atoms. The van der Waals surface area contributed by atoms with Crippen molar-refractivity contribution in [2.45, 2.75) is 4.21 Å². The van der Waals surface area contributed by atoms with Crippen molar-refractivity contribution < 1.29 is 13.2 Å². The van der Waals surface area contributed by atoms with Crippen molar-refractivity contribution in [1.82, 2.24) is 9.21 Å². The fourth-order valence-corrected chi connectivity index (χ4v) is 5.50. The molecule has 106 valence electrons. The van der Waals surface area contributed by atoms with E-state index in [2.05, 4.69) is 15.9 Å². The van der Waals surface area contributed by atoms with Gasteiger partial charge >= 0.3 is 0 Å². The SMILES string of the molecule is NC(=O)CN1CCN(S(=O)(=O)c2ccc(Br)s2)CC1.